The van der Waals surface area contributed by atoms with Crippen LogP contribution in [0.25, 0.3) is 0 Å². The summed E-state index contributed by atoms with van der Waals surface area (Å²) in [5.74, 6) is 0.959. The second-order valence-electron chi connectivity index (χ2n) is 4.09. The van der Waals surface area contributed by atoms with Crippen LogP contribution in [0.3, 0.4) is 0 Å². The molecule has 0 unspecified atom stereocenters. The lowest BCUT2D eigenvalue weighted by atomic mass is 10.2. The molecule has 0 aliphatic rings. The number of hydrogen-bond acceptors (Lipinski definition) is 3. The highest BCUT2D eigenvalue weighted by Crippen LogP contribution is 2.17. The SMILES string of the molecule is CNCc1ccccc1OCCc1ccncc1. The normalized spacial score (nSPS) is 10.3. The molecule has 0 saturated carbocycles. The molecule has 1 aromatic heterocycles. The van der Waals surface area contributed by atoms with Crippen LogP contribution in [-0.2, 0) is 13.0 Å². The van der Waals surface area contributed by atoms with Gasteiger partial charge in [0.1, 0.15) is 5.75 Å². The summed E-state index contributed by atoms with van der Waals surface area (Å²) in [5, 5.41) is 3.14. The predicted molar refractivity (Wildman–Crippen MR) is 72.6 cm³/mol. The first kappa shape index (κ1) is 12.6. The maximum absolute atomic E-state index is 5.83. The molecule has 0 radical (unpaired) electrons. The topological polar surface area (TPSA) is 34.1 Å². The van der Waals surface area contributed by atoms with Crippen LogP contribution in [0.4, 0.5) is 0 Å². The first-order valence-electron chi connectivity index (χ1n) is 6.14. The summed E-state index contributed by atoms with van der Waals surface area (Å²) < 4.78 is 5.83. The highest BCUT2D eigenvalue weighted by molar-refractivity contribution is 5.33. The molecule has 0 aliphatic carbocycles. The molecule has 3 nitrogen and oxygen atoms in total. The number of para-hydroxylation sites is 1. The van der Waals surface area contributed by atoms with Gasteiger partial charge in [0.2, 0.25) is 0 Å². The third kappa shape index (κ3) is 3.57. The Morgan fingerprint density at radius 1 is 1.11 bits per heavy atom. The maximum Gasteiger partial charge on any atom is 0.123 e. The fourth-order valence-corrected chi connectivity index (χ4v) is 1.81. The van der Waals surface area contributed by atoms with Crippen molar-refractivity contribution < 1.29 is 4.74 Å². The van der Waals surface area contributed by atoms with Crippen molar-refractivity contribution in [2.24, 2.45) is 0 Å². The van der Waals surface area contributed by atoms with Gasteiger partial charge in [0.05, 0.1) is 6.61 Å². The first-order valence-corrected chi connectivity index (χ1v) is 6.14. The molecular formula is C15H18N2O. The van der Waals surface area contributed by atoms with Crippen LogP contribution in [0.1, 0.15) is 11.1 Å². The maximum atomic E-state index is 5.83. The van der Waals surface area contributed by atoms with Gasteiger partial charge in [0, 0.05) is 30.9 Å². The number of ether oxygens (including phenoxy) is 1. The van der Waals surface area contributed by atoms with Crippen molar-refractivity contribution >= 4 is 0 Å². The van der Waals surface area contributed by atoms with Crippen LogP contribution >= 0.6 is 0 Å². The van der Waals surface area contributed by atoms with E-state index in [1.54, 1.807) is 0 Å². The van der Waals surface area contributed by atoms with Crippen molar-refractivity contribution in [1.29, 1.82) is 0 Å². The average Bonchev–Trinajstić information content (AvgIpc) is 2.42. The molecule has 0 aliphatic heterocycles. The largest absolute Gasteiger partial charge is 0.493 e. The van der Waals surface area contributed by atoms with Crippen molar-refractivity contribution in [3.63, 3.8) is 0 Å². The minimum absolute atomic E-state index is 0.685. The smallest absolute Gasteiger partial charge is 0.123 e. The number of rotatable bonds is 6. The minimum Gasteiger partial charge on any atom is -0.493 e. The van der Waals surface area contributed by atoms with Gasteiger partial charge in [0.15, 0.2) is 0 Å². The number of benzene rings is 1. The lowest BCUT2D eigenvalue weighted by molar-refractivity contribution is 0.318. The molecule has 18 heavy (non-hydrogen) atoms. The van der Waals surface area contributed by atoms with Crippen LogP contribution in [-0.4, -0.2) is 18.6 Å². The molecule has 0 atom stereocenters. The molecular weight excluding hydrogens is 224 g/mol. The van der Waals surface area contributed by atoms with E-state index in [1.165, 1.54) is 11.1 Å². The highest BCUT2D eigenvalue weighted by atomic mass is 16.5. The number of hydrogen-bond donors (Lipinski definition) is 1. The van der Waals surface area contributed by atoms with Crippen LogP contribution in [0.5, 0.6) is 5.75 Å². The van der Waals surface area contributed by atoms with Gasteiger partial charge in [-0.15, -0.1) is 0 Å². The van der Waals surface area contributed by atoms with Crippen LogP contribution < -0.4 is 10.1 Å². The standard InChI is InChI=1S/C15H18N2O/c1-16-12-14-4-2-3-5-15(14)18-11-8-13-6-9-17-10-7-13/h2-7,9-10,16H,8,11-12H2,1H3. The fourth-order valence-electron chi connectivity index (χ4n) is 1.81. The predicted octanol–water partition coefficient (Wildman–Crippen LogP) is 2.42. The Balaban J connectivity index is 1.90. The van der Waals surface area contributed by atoms with Crippen molar-refractivity contribution in [3.05, 3.63) is 59.9 Å². The van der Waals surface area contributed by atoms with Gasteiger partial charge in [-0.2, -0.15) is 0 Å². The minimum atomic E-state index is 0.685. The summed E-state index contributed by atoms with van der Waals surface area (Å²) in [4.78, 5) is 4.00. The van der Waals surface area contributed by atoms with Gasteiger partial charge < -0.3 is 10.1 Å². The number of pyridine rings is 1. The molecule has 94 valence electrons. The summed E-state index contributed by atoms with van der Waals surface area (Å²) >= 11 is 0. The van der Waals surface area contributed by atoms with E-state index < -0.39 is 0 Å². The zero-order chi connectivity index (χ0) is 12.6. The van der Waals surface area contributed by atoms with Crippen LogP contribution in [0.2, 0.25) is 0 Å². The second kappa shape index (κ2) is 6.77. The van der Waals surface area contributed by atoms with Gasteiger partial charge in [-0.25, -0.2) is 0 Å². The van der Waals surface area contributed by atoms with Gasteiger partial charge in [-0.05, 0) is 30.8 Å². The van der Waals surface area contributed by atoms with Crippen molar-refractivity contribution in [3.8, 4) is 5.75 Å². The summed E-state index contributed by atoms with van der Waals surface area (Å²) in [6.07, 6.45) is 4.52. The Kier molecular flexibility index (Phi) is 4.73. The number of nitrogens with zero attached hydrogens (tertiary/aromatic N) is 1. The Morgan fingerprint density at radius 2 is 1.89 bits per heavy atom. The van der Waals surface area contributed by atoms with Crippen LogP contribution in [0, 0.1) is 0 Å². The molecule has 0 bridgehead atoms. The van der Waals surface area contributed by atoms with Gasteiger partial charge in [0.25, 0.3) is 0 Å². The molecule has 0 amide bonds. The summed E-state index contributed by atoms with van der Waals surface area (Å²) in [7, 11) is 1.94. The quantitative estimate of drug-likeness (QED) is 0.844. The zero-order valence-corrected chi connectivity index (χ0v) is 10.6. The molecule has 3 heteroatoms. The van der Waals surface area contributed by atoms with E-state index in [4.69, 9.17) is 4.74 Å². The molecule has 0 spiro atoms. The first-order chi connectivity index (χ1) is 8.90. The van der Waals surface area contributed by atoms with E-state index in [0.29, 0.717) is 6.61 Å². The Morgan fingerprint density at radius 3 is 2.67 bits per heavy atom. The molecule has 0 saturated heterocycles. The number of nitrogens with one attached hydrogen (secondary N) is 1. The monoisotopic (exact) mass is 242 g/mol. The van der Waals surface area contributed by atoms with Crippen LogP contribution in [0.15, 0.2) is 48.8 Å². The summed E-state index contributed by atoms with van der Waals surface area (Å²) in [6.45, 7) is 1.51. The zero-order valence-electron chi connectivity index (χ0n) is 10.6. The third-order valence-corrected chi connectivity index (χ3v) is 2.74. The number of aromatic nitrogens is 1. The van der Waals surface area contributed by atoms with Crippen molar-refractivity contribution in [2.45, 2.75) is 13.0 Å². The summed E-state index contributed by atoms with van der Waals surface area (Å²) in [5.41, 5.74) is 2.44. The lowest BCUT2D eigenvalue weighted by Crippen LogP contribution is -2.08. The summed E-state index contributed by atoms with van der Waals surface area (Å²) in [6, 6.07) is 12.2. The Labute approximate surface area is 108 Å². The highest BCUT2D eigenvalue weighted by Gasteiger charge is 2.01. The van der Waals surface area contributed by atoms with Gasteiger partial charge in [-0.3, -0.25) is 4.98 Å². The molecule has 1 heterocycles. The van der Waals surface area contributed by atoms with E-state index >= 15 is 0 Å². The van der Waals surface area contributed by atoms with E-state index in [2.05, 4.69) is 16.4 Å². The van der Waals surface area contributed by atoms with E-state index in [-0.39, 0.29) is 0 Å². The van der Waals surface area contributed by atoms with E-state index in [0.717, 1.165) is 18.7 Å². The molecule has 2 rings (SSSR count). The van der Waals surface area contributed by atoms with Gasteiger partial charge in [-0.1, -0.05) is 18.2 Å². The van der Waals surface area contributed by atoms with E-state index in [9.17, 15) is 0 Å². The molecule has 2 aromatic rings. The van der Waals surface area contributed by atoms with E-state index in [1.807, 2.05) is 49.8 Å². The fraction of sp³-hybridized carbons (Fsp3) is 0.267. The Bertz CT molecular complexity index is 471. The lowest BCUT2D eigenvalue weighted by Gasteiger charge is -2.11. The van der Waals surface area contributed by atoms with Crippen molar-refractivity contribution in [1.82, 2.24) is 10.3 Å². The van der Waals surface area contributed by atoms with Gasteiger partial charge >= 0.3 is 0 Å². The molecule has 1 aromatic carbocycles. The second-order valence-corrected chi connectivity index (χ2v) is 4.09. The Hall–Kier alpha value is -1.87. The molecule has 1 N–H and O–H groups in total. The third-order valence-electron chi connectivity index (χ3n) is 2.74. The average molecular weight is 242 g/mol. The van der Waals surface area contributed by atoms with Crippen molar-refractivity contribution in [2.75, 3.05) is 13.7 Å². The molecule has 0 fully saturated rings.